The molecule has 1 fully saturated rings. The molecule has 0 aliphatic heterocycles. The number of halogens is 2. The van der Waals surface area contributed by atoms with Crippen molar-refractivity contribution >= 4 is 40.5 Å². The molecule has 0 saturated heterocycles. The van der Waals surface area contributed by atoms with Crippen molar-refractivity contribution in [3.8, 4) is 0 Å². The second-order valence-electron chi connectivity index (χ2n) is 4.55. The second-order valence-corrected chi connectivity index (χ2v) is 5.37. The Hall–Kier alpha value is -0.970. The average molecular weight is 288 g/mol. The van der Waals surface area contributed by atoms with Crippen LogP contribution < -0.4 is 11.1 Å². The summed E-state index contributed by atoms with van der Waals surface area (Å²) in [5, 5.41) is 3.42. The van der Waals surface area contributed by atoms with Gasteiger partial charge in [-0.25, -0.2) is 0 Å². The lowest BCUT2D eigenvalue weighted by Crippen LogP contribution is -2.31. The number of nitrogens with one attached hydrogen (secondary N) is 1. The van der Waals surface area contributed by atoms with E-state index in [1.807, 2.05) is 11.9 Å². The zero-order valence-electron chi connectivity index (χ0n) is 10.0. The number of carbonyl (C=O) groups excluding carboxylic acids is 1. The fourth-order valence-electron chi connectivity index (χ4n) is 1.76. The van der Waals surface area contributed by atoms with Crippen LogP contribution in [0.1, 0.15) is 12.8 Å². The Kier molecular flexibility index (Phi) is 4.00. The third kappa shape index (κ3) is 3.28. The molecule has 1 aliphatic rings. The molecule has 1 aliphatic carbocycles. The SMILES string of the molecule is CN(CC(=O)Nc1c(Cl)cc(N)cc1Cl)C1CC1. The van der Waals surface area contributed by atoms with Crippen LogP contribution in [0.15, 0.2) is 12.1 Å². The summed E-state index contributed by atoms with van der Waals surface area (Å²) < 4.78 is 0. The predicted octanol–water partition coefficient (Wildman–Crippen LogP) is 2.61. The maximum absolute atomic E-state index is 11.8. The number of anilines is 2. The fourth-order valence-corrected chi connectivity index (χ4v) is 2.36. The van der Waals surface area contributed by atoms with Crippen molar-refractivity contribution in [3.05, 3.63) is 22.2 Å². The highest BCUT2D eigenvalue weighted by Gasteiger charge is 2.27. The first kappa shape index (κ1) is 13.5. The summed E-state index contributed by atoms with van der Waals surface area (Å²) in [6, 6.07) is 3.66. The molecule has 6 heteroatoms. The normalized spacial score (nSPS) is 14.9. The van der Waals surface area contributed by atoms with E-state index < -0.39 is 0 Å². The monoisotopic (exact) mass is 287 g/mol. The Morgan fingerprint density at radius 3 is 2.50 bits per heavy atom. The van der Waals surface area contributed by atoms with Crippen molar-refractivity contribution < 1.29 is 4.79 Å². The smallest absolute Gasteiger partial charge is 0.238 e. The molecule has 1 aromatic rings. The van der Waals surface area contributed by atoms with Crippen molar-refractivity contribution in [2.24, 2.45) is 0 Å². The van der Waals surface area contributed by atoms with Gasteiger partial charge in [0.2, 0.25) is 5.91 Å². The van der Waals surface area contributed by atoms with E-state index >= 15 is 0 Å². The molecule has 0 atom stereocenters. The van der Waals surface area contributed by atoms with E-state index in [1.165, 1.54) is 0 Å². The van der Waals surface area contributed by atoms with E-state index in [1.54, 1.807) is 12.1 Å². The summed E-state index contributed by atoms with van der Waals surface area (Å²) in [6.45, 7) is 0.335. The lowest BCUT2D eigenvalue weighted by atomic mass is 10.2. The highest BCUT2D eigenvalue weighted by Crippen LogP contribution is 2.33. The largest absolute Gasteiger partial charge is 0.399 e. The number of benzene rings is 1. The van der Waals surface area contributed by atoms with E-state index in [0.29, 0.717) is 34.0 Å². The molecule has 18 heavy (non-hydrogen) atoms. The van der Waals surface area contributed by atoms with Crippen molar-refractivity contribution in [2.75, 3.05) is 24.6 Å². The van der Waals surface area contributed by atoms with Crippen LogP contribution in [-0.2, 0) is 4.79 Å². The van der Waals surface area contributed by atoms with Crippen LogP contribution in [0, 0.1) is 0 Å². The molecule has 0 aromatic heterocycles. The van der Waals surface area contributed by atoms with Gasteiger partial charge in [-0.3, -0.25) is 9.69 Å². The molecule has 1 amide bonds. The molecule has 0 unspecified atom stereocenters. The Balaban J connectivity index is 2.02. The zero-order chi connectivity index (χ0) is 13.3. The number of likely N-dealkylation sites (N-methyl/N-ethyl adjacent to an activating group) is 1. The first-order valence-electron chi connectivity index (χ1n) is 5.72. The Bertz CT molecular complexity index is 451. The van der Waals surface area contributed by atoms with E-state index in [9.17, 15) is 4.79 Å². The molecule has 4 nitrogen and oxygen atoms in total. The topological polar surface area (TPSA) is 58.4 Å². The van der Waals surface area contributed by atoms with Gasteiger partial charge in [-0.15, -0.1) is 0 Å². The molecule has 0 heterocycles. The van der Waals surface area contributed by atoms with Gasteiger partial charge in [-0.2, -0.15) is 0 Å². The third-order valence-corrected chi connectivity index (χ3v) is 3.49. The number of hydrogen-bond donors (Lipinski definition) is 2. The van der Waals surface area contributed by atoms with Crippen molar-refractivity contribution in [2.45, 2.75) is 18.9 Å². The van der Waals surface area contributed by atoms with E-state index in [4.69, 9.17) is 28.9 Å². The number of amides is 1. The molecular weight excluding hydrogens is 273 g/mol. The highest BCUT2D eigenvalue weighted by atomic mass is 35.5. The number of rotatable bonds is 4. The molecule has 0 bridgehead atoms. The van der Waals surface area contributed by atoms with E-state index in [0.717, 1.165) is 12.8 Å². The number of hydrogen-bond acceptors (Lipinski definition) is 3. The van der Waals surface area contributed by atoms with E-state index in [2.05, 4.69) is 5.32 Å². The molecule has 3 N–H and O–H groups in total. The molecule has 1 aromatic carbocycles. The van der Waals surface area contributed by atoms with Gasteiger partial charge in [0, 0.05) is 11.7 Å². The van der Waals surface area contributed by atoms with E-state index in [-0.39, 0.29) is 5.91 Å². The standard InChI is InChI=1S/C12H15Cl2N3O/c1-17(8-2-3-8)6-11(18)16-12-9(13)4-7(15)5-10(12)14/h4-5,8H,2-3,6,15H2,1H3,(H,16,18). The fraction of sp³-hybridized carbons (Fsp3) is 0.417. The summed E-state index contributed by atoms with van der Waals surface area (Å²) in [7, 11) is 1.93. The lowest BCUT2D eigenvalue weighted by Gasteiger charge is -2.16. The predicted molar refractivity (Wildman–Crippen MR) is 75.2 cm³/mol. The molecule has 0 radical (unpaired) electrons. The van der Waals surface area contributed by atoms with Gasteiger partial charge in [0.25, 0.3) is 0 Å². The molecule has 98 valence electrons. The molecule has 2 rings (SSSR count). The Labute approximate surface area is 116 Å². The van der Waals surface area contributed by atoms with Gasteiger partial charge in [-0.1, -0.05) is 23.2 Å². The van der Waals surface area contributed by atoms with Crippen molar-refractivity contribution in [3.63, 3.8) is 0 Å². The average Bonchev–Trinajstić information content (AvgIpc) is 3.06. The number of nitrogens with zero attached hydrogens (tertiary/aromatic N) is 1. The third-order valence-electron chi connectivity index (χ3n) is 2.89. The van der Waals surface area contributed by atoms with Crippen LogP contribution in [0.25, 0.3) is 0 Å². The van der Waals surface area contributed by atoms with Gasteiger partial charge >= 0.3 is 0 Å². The summed E-state index contributed by atoms with van der Waals surface area (Å²) in [6.07, 6.45) is 2.32. The van der Waals surface area contributed by atoms with Gasteiger partial charge < -0.3 is 11.1 Å². The van der Waals surface area contributed by atoms with Crippen LogP contribution in [0.3, 0.4) is 0 Å². The molecule has 1 saturated carbocycles. The summed E-state index contributed by atoms with van der Waals surface area (Å²) in [5.74, 6) is -0.127. The van der Waals surface area contributed by atoms with Crippen LogP contribution in [0.2, 0.25) is 10.0 Å². The minimum absolute atomic E-state index is 0.127. The van der Waals surface area contributed by atoms with Crippen LogP contribution >= 0.6 is 23.2 Å². The zero-order valence-corrected chi connectivity index (χ0v) is 11.6. The summed E-state index contributed by atoms with van der Waals surface area (Å²) in [5.41, 5.74) is 6.49. The summed E-state index contributed by atoms with van der Waals surface area (Å²) >= 11 is 12.0. The number of nitrogens with two attached hydrogens (primary N) is 1. The highest BCUT2D eigenvalue weighted by molar-refractivity contribution is 6.40. The second kappa shape index (κ2) is 5.34. The van der Waals surface area contributed by atoms with Crippen LogP contribution in [0.5, 0.6) is 0 Å². The molecule has 0 spiro atoms. The maximum Gasteiger partial charge on any atom is 0.238 e. The Morgan fingerprint density at radius 1 is 1.44 bits per heavy atom. The number of nitrogen functional groups attached to an aromatic ring is 1. The minimum atomic E-state index is -0.127. The van der Waals surface area contributed by atoms with Crippen molar-refractivity contribution in [1.82, 2.24) is 4.90 Å². The van der Waals surface area contributed by atoms with Gasteiger partial charge in [-0.05, 0) is 32.0 Å². The lowest BCUT2D eigenvalue weighted by molar-refractivity contribution is -0.117. The maximum atomic E-state index is 11.8. The first-order valence-corrected chi connectivity index (χ1v) is 6.47. The number of carbonyl (C=O) groups is 1. The quantitative estimate of drug-likeness (QED) is 0.837. The van der Waals surface area contributed by atoms with Gasteiger partial charge in [0.1, 0.15) is 0 Å². The summed E-state index contributed by atoms with van der Waals surface area (Å²) in [4.78, 5) is 13.9. The minimum Gasteiger partial charge on any atom is -0.399 e. The van der Waals surface area contributed by atoms with Gasteiger partial charge in [0.05, 0.1) is 22.3 Å². The molecular formula is C12H15Cl2N3O. The first-order chi connectivity index (χ1) is 8.47. The van der Waals surface area contributed by atoms with Crippen LogP contribution in [-0.4, -0.2) is 30.4 Å². The van der Waals surface area contributed by atoms with Crippen molar-refractivity contribution in [1.29, 1.82) is 0 Å². The van der Waals surface area contributed by atoms with Gasteiger partial charge in [0.15, 0.2) is 0 Å². The van der Waals surface area contributed by atoms with Crippen LogP contribution in [0.4, 0.5) is 11.4 Å². The Morgan fingerprint density at radius 2 is 2.00 bits per heavy atom.